The molecule has 0 heterocycles. The Morgan fingerprint density at radius 3 is 1.63 bits per heavy atom. The molecule has 154 valence electrons. The summed E-state index contributed by atoms with van der Waals surface area (Å²) in [6.45, 7) is 5.15. The molecule has 0 radical (unpaired) electrons. The molecule has 0 fully saturated rings. The van der Waals surface area contributed by atoms with Gasteiger partial charge in [-0.25, -0.2) is 0 Å². The molecule has 0 spiro atoms. The molecule has 0 aromatic carbocycles. The topological polar surface area (TPSA) is 125 Å². The number of carbonyl (C=O) groups excluding carboxylic acids is 5. The third-order valence-electron chi connectivity index (χ3n) is 3.13. The number of carbonyl (C=O) groups is 5. The van der Waals surface area contributed by atoms with Crippen LogP contribution in [0.2, 0.25) is 0 Å². The SMILES string of the molecule is CC(=O)CC(=O)NCCSCC(COC(C)=O)(COC(C)=O)COC(C)=O. The predicted molar refractivity (Wildman–Crippen MR) is 98.0 cm³/mol. The number of hydrogen-bond donors (Lipinski definition) is 1. The van der Waals surface area contributed by atoms with Gasteiger partial charge in [0.15, 0.2) is 0 Å². The van der Waals surface area contributed by atoms with Crippen LogP contribution < -0.4 is 5.32 Å². The number of esters is 3. The van der Waals surface area contributed by atoms with Crippen molar-refractivity contribution in [2.24, 2.45) is 5.41 Å². The lowest BCUT2D eigenvalue weighted by Crippen LogP contribution is -2.41. The molecule has 0 aliphatic heterocycles. The van der Waals surface area contributed by atoms with Crippen molar-refractivity contribution in [3.63, 3.8) is 0 Å². The number of Topliss-reactive ketones (excluding diaryl/α,β-unsaturated/α-hetero) is 1. The molecule has 0 aromatic heterocycles. The summed E-state index contributed by atoms with van der Waals surface area (Å²) in [6.07, 6.45) is -0.167. The van der Waals surface area contributed by atoms with Crippen molar-refractivity contribution in [3.8, 4) is 0 Å². The standard InChI is InChI=1S/C17H27NO8S/c1-12(19)7-16(23)18-5-6-27-11-17(8-24-13(2)20,9-25-14(3)21)10-26-15(4)22/h5-11H2,1-4H3,(H,18,23). The first kappa shape index (κ1) is 24.9. The molecule has 0 saturated carbocycles. The highest BCUT2D eigenvalue weighted by Gasteiger charge is 2.35. The molecule has 0 saturated heterocycles. The maximum atomic E-state index is 11.4. The van der Waals surface area contributed by atoms with Gasteiger partial charge in [0, 0.05) is 38.8 Å². The van der Waals surface area contributed by atoms with Crippen molar-refractivity contribution in [2.75, 3.05) is 37.9 Å². The fourth-order valence-corrected chi connectivity index (χ4v) is 2.93. The number of nitrogens with one attached hydrogen (secondary N) is 1. The molecule has 1 N–H and O–H groups in total. The van der Waals surface area contributed by atoms with Gasteiger partial charge in [-0.15, -0.1) is 0 Å². The van der Waals surface area contributed by atoms with Crippen LogP contribution in [0, 0.1) is 5.41 Å². The zero-order valence-electron chi connectivity index (χ0n) is 16.1. The van der Waals surface area contributed by atoms with E-state index in [0.717, 1.165) is 0 Å². The summed E-state index contributed by atoms with van der Waals surface area (Å²) in [4.78, 5) is 55.9. The summed E-state index contributed by atoms with van der Waals surface area (Å²) < 4.78 is 15.2. The molecular weight excluding hydrogens is 378 g/mol. The molecule has 1 amide bonds. The second kappa shape index (κ2) is 13.1. The van der Waals surface area contributed by atoms with Crippen LogP contribution in [-0.4, -0.2) is 67.5 Å². The molecule has 0 atom stereocenters. The summed E-state index contributed by atoms with van der Waals surface area (Å²) in [6, 6.07) is 0. The Labute approximate surface area is 162 Å². The Hall–Kier alpha value is -2.10. The average molecular weight is 405 g/mol. The van der Waals surface area contributed by atoms with E-state index in [2.05, 4.69) is 5.32 Å². The maximum Gasteiger partial charge on any atom is 0.302 e. The van der Waals surface area contributed by atoms with Crippen molar-refractivity contribution < 1.29 is 38.2 Å². The molecular formula is C17H27NO8S. The van der Waals surface area contributed by atoms with Crippen LogP contribution in [0.15, 0.2) is 0 Å². The van der Waals surface area contributed by atoms with Gasteiger partial charge in [0.05, 0.1) is 11.8 Å². The van der Waals surface area contributed by atoms with Crippen LogP contribution in [0.3, 0.4) is 0 Å². The number of amides is 1. The molecule has 0 bridgehead atoms. The van der Waals surface area contributed by atoms with Crippen molar-refractivity contribution in [2.45, 2.75) is 34.1 Å². The van der Waals surface area contributed by atoms with E-state index in [9.17, 15) is 24.0 Å². The van der Waals surface area contributed by atoms with Crippen LogP contribution in [0.25, 0.3) is 0 Å². The van der Waals surface area contributed by atoms with Gasteiger partial charge in [0.1, 0.15) is 25.6 Å². The molecule has 27 heavy (non-hydrogen) atoms. The van der Waals surface area contributed by atoms with Crippen molar-refractivity contribution in [1.82, 2.24) is 5.32 Å². The Kier molecular flexibility index (Phi) is 12.1. The van der Waals surface area contributed by atoms with Gasteiger partial charge in [-0.3, -0.25) is 24.0 Å². The first-order valence-corrected chi connectivity index (χ1v) is 9.46. The van der Waals surface area contributed by atoms with Gasteiger partial charge in [0.25, 0.3) is 0 Å². The van der Waals surface area contributed by atoms with Gasteiger partial charge in [0.2, 0.25) is 5.91 Å². The Morgan fingerprint density at radius 1 is 0.815 bits per heavy atom. The highest BCUT2D eigenvalue weighted by Crippen LogP contribution is 2.26. The van der Waals surface area contributed by atoms with E-state index < -0.39 is 23.3 Å². The van der Waals surface area contributed by atoms with Gasteiger partial charge in [-0.2, -0.15) is 11.8 Å². The normalized spacial score (nSPS) is 10.7. The summed E-state index contributed by atoms with van der Waals surface area (Å²) in [7, 11) is 0. The molecule has 0 aromatic rings. The minimum absolute atomic E-state index is 0.0907. The molecule has 0 aliphatic rings. The Bertz CT molecular complexity index is 504. The predicted octanol–water partition coefficient (Wildman–Crippen LogP) is 0.491. The van der Waals surface area contributed by atoms with Crippen LogP contribution in [0.4, 0.5) is 0 Å². The highest BCUT2D eigenvalue weighted by atomic mass is 32.2. The summed E-state index contributed by atoms with van der Waals surface area (Å²) in [5.41, 5.74) is -0.906. The number of thioether (sulfide) groups is 1. The average Bonchev–Trinajstić information content (AvgIpc) is 2.54. The lowest BCUT2D eigenvalue weighted by molar-refractivity contribution is -0.157. The van der Waals surface area contributed by atoms with Crippen molar-refractivity contribution >= 4 is 41.4 Å². The van der Waals surface area contributed by atoms with Crippen LogP contribution in [0.5, 0.6) is 0 Å². The molecule has 0 rings (SSSR count). The van der Waals surface area contributed by atoms with E-state index in [1.54, 1.807) is 0 Å². The lowest BCUT2D eigenvalue weighted by atomic mass is 9.93. The monoisotopic (exact) mass is 405 g/mol. The van der Waals surface area contributed by atoms with E-state index in [-0.39, 0.29) is 37.9 Å². The lowest BCUT2D eigenvalue weighted by Gasteiger charge is -2.31. The fraction of sp³-hybridized carbons (Fsp3) is 0.706. The molecule has 0 aliphatic carbocycles. The van der Waals surface area contributed by atoms with Gasteiger partial charge in [-0.1, -0.05) is 0 Å². The summed E-state index contributed by atoms with van der Waals surface area (Å²) >= 11 is 1.40. The minimum atomic E-state index is -0.906. The van der Waals surface area contributed by atoms with Crippen LogP contribution >= 0.6 is 11.8 Å². The molecule has 0 unspecified atom stereocenters. The van der Waals surface area contributed by atoms with Crippen LogP contribution in [-0.2, 0) is 38.2 Å². The van der Waals surface area contributed by atoms with Gasteiger partial charge < -0.3 is 19.5 Å². The van der Waals surface area contributed by atoms with Gasteiger partial charge in [-0.05, 0) is 6.92 Å². The fourth-order valence-electron chi connectivity index (χ4n) is 1.85. The zero-order chi connectivity index (χ0) is 20.9. The second-order valence-corrected chi connectivity index (χ2v) is 7.23. The molecule has 9 nitrogen and oxygen atoms in total. The summed E-state index contributed by atoms with van der Waals surface area (Å²) in [5.74, 6) is -1.24. The van der Waals surface area contributed by atoms with Crippen molar-refractivity contribution in [3.05, 3.63) is 0 Å². The van der Waals surface area contributed by atoms with E-state index in [1.807, 2.05) is 0 Å². The highest BCUT2D eigenvalue weighted by molar-refractivity contribution is 7.99. The second-order valence-electron chi connectivity index (χ2n) is 6.12. The maximum absolute atomic E-state index is 11.4. The minimum Gasteiger partial charge on any atom is -0.465 e. The van der Waals surface area contributed by atoms with E-state index in [1.165, 1.54) is 39.5 Å². The Morgan fingerprint density at radius 2 is 1.26 bits per heavy atom. The van der Waals surface area contributed by atoms with E-state index >= 15 is 0 Å². The third kappa shape index (κ3) is 13.7. The number of rotatable bonds is 13. The molecule has 10 heteroatoms. The first-order chi connectivity index (χ1) is 12.6. The van der Waals surface area contributed by atoms with Gasteiger partial charge >= 0.3 is 17.9 Å². The third-order valence-corrected chi connectivity index (χ3v) is 4.44. The van der Waals surface area contributed by atoms with Crippen LogP contribution in [0.1, 0.15) is 34.1 Å². The largest absolute Gasteiger partial charge is 0.465 e. The number of ketones is 1. The number of ether oxygens (including phenoxy) is 3. The van der Waals surface area contributed by atoms with Crippen molar-refractivity contribution in [1.29, 1.82) is 0 Å². The quantitative estimate of drug-likeness (QED) is 0.202. The zero-order valence-corrected chi connectivity index (χ0v) is 16.9. The summed E-state index contributed by atoms with van der Waals surface area (Å²) in [5, 5.41) is 2.61. The number of hydrogen-bond acceptors (Lipinski definition) is 9. The van der Waals surface area contributed by atoms with E-state index in [0.29, 0.717) is 18.1 Å². The van der Waals surface area contributed by atoms with E-state index in [4.69, 9.17) is 14.2 Å². The first-order valence-electron chi connectivity index (χ1n) is 8.30. The Balaban J connectivity index is 4.77. The smallest absolute Gasteiger partial charge is 0.302 e.